The molecule has 0 spiro atoms. The summed E-state index contributed by atoms with van der Waals surface area (Å²) in [4.78, 5) is 4.11. The van der Waals surface area contributed by atoms with Crippen molar-refractivity contribution in [1.82, 2.24) is 10.1 Å². The SMILES string of the molecule is Cc1cc(-c2nc(-c3cc(F)cc(F)c3)no2)ccc1O. The Morgan fingerprint density at radius 1 is 1.00 bits per heavy atom. The van der Waals surface area contributed by atoms with Gasteiger partial charge in [0.05, 0.1) is 0 Å². The van der Waals surface area contributed by atoms with Crippen molar-refractivity contribution >= 4 is 0 Å². The highest BCUT2D eigenvalue weighted by atomic mass is 19.1. The van der Waals surface area contributed by atoms with Crippen molar-refractivity contribution in [3.05, 3.63) is 53.6 Å². The lowest BCUT2D eigenvalue weighted by atomic mass is 10.1. The summed E-state index contributed by atoms with van der Waals surface area (Å²) in [5.41, 5.74) is 1.46. The van der Waals surface area contributed by atoms with Crippen LogP contribution in [0.5, 0.6) is 5.75 Å². The molecule has 0 fully saturated rings. The second-order valence-electron chi connectivity index (χ2n) is 4.58. The minimum Gasteiger partial charge on any atom is -0.508 e. The summed E-state index contributed by atoms with van der Waals surface area (Å²) < 4.78 is 31.5. The zero-order chi connectivity index (χ0) is 15.0. The van der Waals surface area contributed by atoms with Gasteiger partial charge in [0.1, 0.15) is 17.4 Å². The first-order chi connectivity index (χ1) is 10.0. The number of hydrogen-bond donors (Lipinski definition) is 1. The Morgan fingerprint density at radius 3 is 2.38 bits per heavy atom. The molecule has 0 atom stereocenters. The number of hydrogen-bond acceptors (Lipinski definition) is 4. The van der Waals surface area contributed by atoms with Crippen molar-refractivity contribution in [2.75, 3.05) is 0 Å². The number of phenolic OH excluding ortho intramolecular Hbond substituents is 1. The maximum absolute atomic E-state index is 13.2. The fourth-order valence-electron chi connectivity index (χ4n) is 1.93. The van der Waals surface area contributed by atoms with Gasteiger partial charge in [0, 0.05) is 17.2 Å². The minimum atomic E-state index is -0.711. The standard InChI is InChI=1S/C15H10F2N2O2/c1-8-4-9(2-3-13(8)20)15-18-14(19-21-15)10-5-11(16)7-12(17)6-10/h2-7,20H,1H3. The zero-order valence-corrected chi connectivity index (χ0v) is 11.0. The third-order valence-corrected chi connectivity index (χ3v) is 2.99. The molecule has 3 rings (SSSR count). The van der Waals surface area contributed by atoms with Crippen LogP contribution in [0, 0.1) is 18.6 Å². The van der Waals surface area contributed by atoms with Gasteiger partial charge in [0.15, 0.2) is 0 Å². The van der Waals surface area contributed by atoms with E-state index in [4.69, 9.17) is 4.52 Å². The van der Waals surface area contributed by atoms with E-state index >= 15 is 0 Å². The number of benzene rings is 2. The number of aryl methyl sites for hydroxylation is 1. The lowest BCUT2D eigenvalue weighted by molar-refractivity contribution is 0.432. The van der Waals surface area contributed by atoms with Crippen molar-refractivity contribution in [2.24, 2.45) is 0 Å². The lowest BCUT2D eigenvalue weighted by Gasteiger charge is -1.99. The van der Waals surface area contributed by atoms with Crippen LogP contribution in [0.1, 0.15) is 5.56 Å². The Balaban J connectivity index is 2.01. The number of halogens is 2. The minimum absolute atomic E-state index is 0.0918. The van der Waals surface area contributed by atoms with Gasteiger partial charge in [-0.15, -0.1) is 0 Å². The van der Waals surface area contributed by atoms with Gasteiger partial charge >= 0.3 is 0 Å². The monoisotopic (exact) mass is 288 g/mol. The third kappa shape index (κ3) is 2.60. The van der Waals surface area contributed by atoms with Crippen molar-refractivity contribution < 1.29 is 18.4 Å². The van der Waals surface area contributed by atoms with E-state index in [1.165, 1.54) is 6.07 Å². The molecule has 21 heavy (non-hydrogen) atoms. The molecule has 2 aromatic carbocycles. The molecular formula is C15H10F2N2O2. The van der Waals surface area contributed by atoms with Crippen molar-refractivity contribution in [2.45, 2.75) is 6.92 Å². The second-order valence-corrected chi connectivity index (χ2v) is 4.58. The molecule has 0 aliphatic rings. The van der Waals surface area contributed by atoms with Crippen LogP contribution in [0.15, 0.2) is 40.9 Å². The summed E-state index contributed by atoms with van der Waals surface area (Å²) in [5.74, 6) is -0.966. The Hall–Kier alpha value is -2.76. The Kier molecular flexibility index (Phi) is 3.13. The van der Waals surface area contributed by atoms with Crippen LogP contribution in [0.2, 0.25) is 0 Å². The molecule has 0 radical (unpaired) electrons. The first kappa shape index (κ1) is 13.2. The van der Waals surface area contributed by atoms with Gasteiger partial charge in [-0.1, -0.05) is 5.16 Å². The molecule has 0 aliphatic heterocycles. The van der Waals surface area contributed by atoms with Crippen LogP contribution in [-0.4, -0.2) is 15.2 Å². The highest BCUT2D eigenvalue weighted by Crippen LogP contribution is 2.26. The number of rotatable bonds is 2. The predicted octanol–water partition coefficient (Wildman–Crippen LogP) is 3.70. The molecule has 0 saturated carbocycles. The molecule has 4 nitrogen and oxygen atoms in total. The summed E-state index contributed by atoms with van der Waals surface area (Å²) in [6, 6.07) is 7.83. The van der Waals surface area contributed by atoms with Crippen molar-refractivity contribution in [1.29, 1.82) is 0 Å². The van der Waals surface area contributed by atoms with Gasteiger partial charge in [-0.3, -0.25) is 0 Å². The molecule has 1 heterocycles. The highest BCUT2D eigenvalue weighted by Gasteiger charge is 2.13. The Bertz CT molecular complexity index is 795. The van der Waals surface area contributed by atoms with Gasteiger partial charge in [-0.25, -0.2) is 8.78 Å². The number of phenols is 1. The normalized spacial score (nSPS) is 10.8. The molecule has 3 aromatic rings. The highest BCUT2D eigenvalue weighted by molar-refractivity contribution is 5.61. The summed E-state index contributed by atoms with van der Waals surface area (Å²) in [6.45, 7) is 1.73. The Morgan fingerprint density at radius 2 is 1.71 bits per heavy atom. The van der Waals surface area contributed by atoms with E-state index in [0.29, 0.717) is 11.1 Å². The van der Waals surface area contributed by atoms with Crippen LogP contribution < -0.4 is 0 Å². The maximum atomic E-state index is 13.2. The third-order valence-electron chi connectivity index (χ3n) is 2.99. The largest absolute Gasteiger partial charge is 0.508 e. The van der Waals surface area contributed by atoms with E-state index < -0.39 is 11.6 Å². The summed E-state index contributed by atoms with van der Waals surface area (Å²) in [5, 5.41) is 13.2. The molecule has 0 aliphatic carbocycles. The average Bonchev–Trinajstić information content (AvgIpc) is 2.90. The quantitative estimate of drug-likeness (QED) is 0.781. The lowest BCUT2D eigenvalue weighted by Crippen LogP contribution is -1.86. The van der Waals surface area contributed by atoms with Crippen molar-refractivity contribution in [3.8, 4) is 28.6 Å². The fourth-order valence-corrected chi connectivity index (χ4v) is 1.93. The maximum Gasteiger partial charge on any atom is 0.258 e. The molecular weight excluding hydrogens is 278 g/mol. The number of aromatic hydroxyl groups is 1. The van der Waals surface area contributed by atoms with Gasteiger partial charge in [0.2, 0.25) is 5.82 Å². The molecule has 0 unspecified atom stereocenters. The van der Waals surface area contributed by atoms with Crippen molar-refractivity contribution in [3.63, 3.8) is 0 Å². The summed E-state index contributed by atoms with van der Waals surface area (Å²) in [7, 11) is 0. The number of nitrogens with zero attached hydrogens (tertiary/aromatic N) is 2. The van der Waals surface area contributed by atoms with Gasteiger partial charge in [-0.05, 0) is 42.8 Å². The van der Waals surface area contributed by atoms with E-state index in [0.717, 1.165) is 18.2 Å². The summed E-state index contributed by atoms with van der Waals surface area (Å²) in [6.07, 6.45) is 0. The first-order valence-corrected chi connectivity index (χ1v) is 6.13. The molecule has 0 saturated heterocycles. The van der Waals surface area contributed by atoms with Gasteiger partial charge < -0.3 is 9.63 Å². The van der Waals surface area contributed by atoms with E-state index in [2.05, 4.69) is 10.1 Å². The van der Waals surface area contributed by atoms with Gasteiger partial charge in [-0.2, -0.15) is 4.98 Å². The van der Waals surface area contributed by atoms with Crippen LogP contribution in [0.25, 0.3) is 22.8 Å². The van der Waals surface area contributed by atoms with Crippen LogP contribution in [-0.2, 0) is 0 Å². The van der Waals surface area contributed by atoms with E-state index in [-0.39, 0.29) is 23.0 Å². The number of aromatic nitrogens is 2. The molecule has 106 valence electrons. The molecule has 1 N–H and O–H groups in total. The van der Waals surface area contributed by atoms with E-state index in [1.807, 2.05) is 0 Å². The van der Waals surface area contributed by atoms with Crippen LogP contribution in [0.3, 0.4) is 0 Å². The second kappa shape index (κ2) is 4.97. The molecule has 6 heteroatoms. The molecule has 1 aromatic heterocycles. The van der Waals surface area contributed by atoms with Gasteiger partial charge in [0.25, 0.3) is 5.89 Å². The molecule has 0 amide bonds. The molecule has 0 bridgehead atoms. The topological polar surface area (TPSA) is 59.2 Å². The van der Waals surface area contributed by atoms with E-state index in [1.54, 1.807) is 19.1 Å². The fraction of sp³-hybridized carbons (Fsp3) is 0.0667. The Labute approximate surface area is 118 Å². The average molecular weight is 288 g/mol. The van der Waals surface area contributed by atoms with Crippen LogP contribution in [0.4, 0.5) is 8.78 Å². The smallest absolute Gasteiger partial charge is 0.258 e. The van der Waals surface area contributed by atoms with E-state index in [9.17, 15) is 13.9 Å². The summed E-state index contributed by atoms with van der Waals surface area (Å²) >= 11 is 0. The predicted molar refractivity (Wildman–Crippen MR) is 71.5 cm³/mol. The zero-order valence-electron chi connectivity index (χ0n) is 11.0. The van der Waals surface area contributed by atoms with Crippen LogP contribution >= 0.6 is 0 Å². The first-order valence-electron chi connectivity index (χ1n) is 6.13.